The molecule has 2 aromatic heterocycles. The van der Waals surface area contributed by atoms with Crippen molar-refractivity contribution in [1.29, 1.82) is 0 Å². The van der Waals surface area contributed by atoms with Gasteiger partial charge in [0, 0.05) is 25.0 Å². The Kier molecular flexibility index (Phi) is 5.03. The lowest BCUT2D eigenvalue weighted by molar-refractivity contribution is 0.0941. The summed E-state index contributed by atoms with van der Waals surface area (Å²) in [7, 11) is 0. The number of aromatic amines is 1. The lowest BCUT2D eigenvalue weighted by Gasteiger charge is -2.20. The summed E-state index contributed by atoms with van der Waals surface area (Å²) in [6.07, 6.45) is 4.36. The molecular formula is C18H17FN4O2. The molecule has 2 N–H and O–H groups in total. The molecule has 0 bridgehead atoms. The molecule has 1 atom stereocenters. The number of amides is 1. The van der Waals surface area contributed by atoms with Crippen molar-refractivity contribution >= 4 is 5.91 Å². The van der Waals surface area contributed by atoms with E-state index in [1.54, 1.807) is 6.07 Å². The molecule has 0 radical (unpaired) electrons. The van der Waals surface area contributed by atoms with Crippen molar-refractivity contribution in [2.45, 2.75) is 12.5 Å². The maximum Gasteiger partial charge on any atom is 0.271 e. The Labute approximate surface area is 143 Å². The van der Waals surface area contributed by atoms with E-state index in [1.165, 1.54) is 24.3 Å². The minimum Gasteiger partial charge on any atom is -0.349 e. The van der Waals surface area contributed by atoms with Gasteiger partial charge in [-0.05, 0) is 42.3 Å². The minimum absolute atomic E-state index is 0.0801. The van der Waals surface area contributed by atoms with Crippen LogP contribution < -0.4 is 10.9 Å². The molecule has 2 heterocycles. The van der Waals surface area contributed by atoms with Gasteiger partial charge in [-0.15, -0.1) is 0 Å². The summed E-state index contributed by atoms with van der Waals surface area (Å²) in [6.45, 7) is 0.338. The van der Waals surface area contributed by atoms with Crippen LogP contribution in [-0.4, -0.2) is 27.2 Å². The third kappa shape index (κ3) is 4.41. The molecule has 128 valence electrons. The lowest BCUT2D eigenvalue weighted by atomic mass is 10.1. The van der Waals surface area contributed by atoms with Crippen LogP contribution in [0.5, 0.6) is 0 Å². The average Bonchev–Trinajstić information content (AvgIpc) is 3.13. The van der Waals surface area contributed by atoms with Crippen LogP contribution in [0.1, 0.15) is 22.1 Å². The van der Waals surface area contributed by atoms with E-state index in [2.05, 4.69) is 15.5 Å². The number of aromatic nitrogens is 3. The molecular weight excluding hydrogens is 323 g/mol. The van der Waals surface area contributed by atoms with Crippen LogP contribution >= 0.6 is 0 Å². The number of hydrogen-bond donors (Lipinski definition) is 2. The second-order valence-corrected chi connectivity index (χ2v) is 5.63. The molecule has 25 heavy (non-hydrogen) atoms. The van der Waals surface area contributed by atoms with Crippen molar-refractivity contribution < 1.29 is 9.18 Å². The molecule has 0 aliphatic heterocycles. The number of nitrogens with zero attached hydrogens (tertiary/aromatic N) is 2. The monoisotopic (exact) mass is 340 g/mol. The van der Waals surface area contributed by atoms with E-state index in [1.807, 2.05) is 35.2 Å². The molecule has 6 nitrogen and oxygen atoms in total. The molecule has 3 rings (SSSR count). The highest BCUT2D eigenvalue weighted by atomic mass is 19.1. The summed E-state index contributed by atoms with van der Waals surface area (Å²) in [5.41, 5.74) is 0.611. The molecule has 1 aromatic carbocycles. The SMILES string of the molecule is O=C(NC[C@H](Cc1cccc(F)c1)n1cccc1)c1ccc(=O)[nH]n1. The van der Waals surface area contributed by atoms with E-state index >= 15 is 0 Å². The predicted octanol–water partition coefficient (Wildman–Crippen LogP) is 1.92. The third-order valence-electron chi connectivity index (χ3n) is 3.82. The highest BCUT2D eigenvalue weighted by Crippen LogP contribution is 2.15. The smallest absolute Gasteiger partial charge is 0.271 e. The van der Waals surface area contributed by atoms with Crippen molar-refractivity contribution in [3.05, 3.63) is 88.4 Å². The highest BCUT2D eigenvalue weighted by Gasteiger charge is 2.15. The number of halogens is 1. The maximum atomic E-state index is 13.4. The predicted molar refractivity (Wildman–Crippen MR) is 90.8 cm³/mol. The highest BCUT2D eigenvalue weighted by molar-refractivity contribution is 5.91. The Morgan fingerprint density at radius 1 is 1.20 bits per heavy atom. The second-order valence-electron chi connectivity index (χ2n) is 5.63. The third-order valence-corrected chi connectivity index (χ3v) is 3.82. The quantitative estimate of drug-likeness (QED) is 0.719. The Bertz CT molecular complexity index is 885. The van der Waals surface area contributed by atoms with E-state index in [0.29, 0.717) is 13.0 Å². The van der Waals surface area contributed by atoms with Crippen molar-refractivity contribution in [3.8, 4) is 0 Å². The zero-order chi connectivity index (χ0) is 17.6. The van der Waals surface area contributed by atoms with Gasteiger partial charge in [0.2, 0.25) is 0 Å². The van der Waals surface area contributed by atoms with Gasteiger partial charge in [0.25, 0.3) is 11.5 Å². The van der Waals surface area contributed by atoms with Crippen molar-refractivity contribution in [2.24, 2.45) is 0 Å². The fraction of sp³-hybridized carbons (Fsp3) is 0.167. The Balaban J connectivity index is 1.71. The van der Waals surface area contributed by atoms with Crippen LogP contribution in [0.3, 0.4) is 0 Å². The normalized spacial score (nSPS) is 11.9. The van der Waals surface area contributed by atoms with Gasteiger partial charge in [-0.1, -0.05) is 12.1 Å². The van der Waals surface area contributed by atoms with E-state index in [9.17, 15) is 14.0 Å². The van der Waals surface area contributed by atoms with Crippen LogP contribution in [0.4, 0.5) is 4.39 Å². The summed E-state index contributed by atoms with van der Waals surface area (Å²) in [5, 5.41) is 8.74. The molecule has 0 saturated carbocycles. The van der Waals surface area contributed by atoms with Crippen molar-refractivity contribution in [1.82, 2.24) is 20.1 Å². The lowest BCUT2D eigenvalue weighted by Crippen LogP contribution is -2.32. The molecule has 0 aliphatic carbocycles. The Hall–Kier alpha value is -3.22. The fourth-order valence-corrected chi connectivity index (χ4v) is 2.58. The van der Waals surface area contributed by atoms with Crippen LogP contribution in [0.15, 0.2) is 65.7 Å². The number of hydrogen-bond acceptors (Lipinski definition) is 3. The van der Waals surface area contributed by atoms with Gasteiger partial charge in [0.1, 0.15) is 11.5 Å². The van der Waals surface area contributed by atoms with E-state index in [0.717, 1.165) is 5.56 Å². The van der Waals surface area contributed by atoms with E-state index in [-0.39, 0.29) is 29.0 Å². The van der Waals surface area contributed by atoms with Gasteiger partial charge in [0.05, 0.1) is 6.04 Å². The first-order valence-corrected chi connectivity index (χ1v) is 7.82. The molecule has 0 spiro atoms. The summed E-state index contributed by atoms with van der Waals surface area (Å²) >= 11 is 0. The summed E-state index contributed by atoms with van der Waals surface area (Å²) in [5.74, 6) is -0.669. The zero-order valence-corrected chi connectivity index (χ0v) is 13.4. The molecule has 7 heteroatoms. The van der Waals surface area contributed by atoms with Crippen molar-refractivity contribution in [3.63, 3.8) is 0 Å². The molecule has 0 fully saturated rings. The summed E-state index contributed by atoms with van der Waals surface area (Å²) in [6, 6.07) is 12.7. The number of nitrogens with one attached hydrogen (secondary N) is 2. The van der Waals surface area contributed by atoms with Crippen LogP contribution in [-0.2, 0) is 6.42 Å². The zero-order valence-electron chi connectivity index (χ0n) is 13.4. The number of carbonyl (C=O) groups is 1. The minimum atomic E-state index is -0.382. The van der Waals surface area contributed by atoms with Gasteiger partial charge in [-0.3, -0.25) is 9.59 Å². The van der Waals surface area contributed by atoms with Gasteiger partial charge in [0.15, 0.2) is 0 Å². The molecule has 3 aromatic rings. The molecule has 0 aliphatic rings. The summed E-state index contributed by atoms with van der Waals surface area (Å²) in [4.78, 5) is 23.2. The molecule has 0 unspecified atom stereocenters. The number of H-pyrrole nitrogens is 1. The van der Waals surface area contributed by atoms with Gasteiger partial charge >= 0.3 is 0 Å². The Morgan fingerprint density at radius 2 is 2.00 bits per heavy atom. The van der Waals surface area contributed by atoms with Gasteiger partial charge in [-0.2, -0.15) is 5.10 Å². The largest absolute Gasteiger partial charge is 0.349 e. The van der Waals surface area contributed by atoms with Gasteiger partial charge in [-0.25, -0.2) is 9.49 Å². The van der Waals surface area contributed by atoms with Crippen LogP contribution in [0, 0.1) is 5.82 Å². The van der Waals surface area contributed by atoms with Crippen molar-refractivity contribution in [2.75, 3.05) is 6.54 Å². The Morgan fingerprint density at radius 3 is 2.68 bits per heavy atom. The second kappa shape index (κ2) is 7.57. The summed E-state index contributed by atoms with van der Waals surface area (Å²) < 4.78 is 15.4. The van der Waals surface area contributed by atoms with Crippen LogP contribution in [0.25, 0.3) is 0 Å². The van der Waals surface area contributed by atoms with Crippen LogP contribution in [0.2, 0.25) is 0 Å². The first kappa shape index (κ1) is 16.6. The molecule has 1 amide bonds. The standard InChI is InChI=1S/C18H17FN4O2/c19-14-5-3-4-13(10-14)11-15(23-8-1-2-9-23)12-20-18(25)16-6-7-17(24)22-21-16/h1-10,15H,11-12H2,(H,20,25)(H,22,24)/t15-/m0/s1. The molecule has 0 saturated heterocycles. The maximum absolute atomic E-state index is 13.4. The van der Waals surface area contributed by atoms with E-state index < -0.39 is 0 Å². The first-order chi connectivity index (χ1) is 12.1. The fourth-order valence-electron chi connectivity index (χ4n) is 2.58. The van der Waals surface area contributed by atoms with Gasteiger partial charge < -0.3 is 9.88 Å². The topological polar surface area (TPSA) is 79.8 Å². The van der Waals surface area contributed by atoms with E-state index in [4.69, 9.17) is 0 Å². The first-order valence-electron chi connectivity index (χ1n) is 7.82. The number of benzene rings is 1. The average molecular weight is 340 g/mol. The number of carbonyl (C=O) groups excluding carboxylic acids is 1. The number of rotatable bonds is 6.